The molecule has 0 heterocycles. The largest absolute Gasteiger partial charge is 0.390 e. The lowest BCUT2D eigenvalue weighted by Crippen LogP contribution is -2.34. The predicted molar refractivity (Wildman–Crippen MR) is 49.6 cm³/mol. The molecule has 0 aliphatic carbocycles. The van der Waals surface area contributed by atoms with Crippen LogP contribution in [0.15, 0.2) is 0 Å². The monoisotopic (exact) mass is 158 g/mol. The minimum Gasteiger partial charge on any atom is -0.390 e. The van der Waals surface area contributed by atoms with Gasteiger partial charge in [0.15, 0.2) is 0 Å². The Bertz CT molecular complexity index is 95.0. The van der Waals surface area contributed by atoms with Crippen LogP contribution in [0.2, 0.25) is 0 Å². The van der Waals surface area contributed by atoms with Crippen LogP contribution < -0.4 is 0 Å². The molecule has 0 amide bonds. The highest BCUT2D eigenvalue weighted by molar-refractivity contribution is 4.80. The summed E-state index contributed by atoms with van der Waals surface area (Å²) in [6, 6.07) is 0. The van der Waals surface area contributed by atoms with E-state index in [0.717, 1.165) is 19.3 Å². The smallest absolute Gasteiger partial charge is 0.0668 e. The molecule has 1 nitrogen and oxygen atoms in total. The second-order valence-electron chi connectivity index (χ2n) is 3.50. The Kier molecular flexibility index (Phi) is 4.74. The third kappa shape index (κ3) is 2.82. The Hall–Kier alpha value is -0.0400. The van der Waals surface area contributed by atoms with Gasteiger partial charge in [-0.3, -0.25) is 0 Å². The summed E-state index contributed by atoms with van der Waals surface area (Å²) < 4.78 is 0. The van der Waals surface area contributed by atoms with Gasteiger partial charge in [0, 0.05) is 0 Å². The molecule has 0 fully saturated rings. The summed E-state index contributed by atoms with van der Waals surface area (Å²) in [5.74, 6) is 0.447. The molecule has 1 atom stereocenters. The summed E-state index contributed by atoms with van der Waals surface area (Å²) in [6.45, 7) is 8.45. The standard InChI is InChI=1S/C10H22O/c1-5-8-9(4)10(11,6-2)7-3/h9,11H,5-8H2,1-4H3. The van der Waals surface area contributed by atoms with E-state index in [-0.39, 0.29) is 0 Å². The van der Waals surface area contributed by atoms with Crippen molar-refractivity contribution < 1.29 is 5.11 Å². The Morgan fingerprint density at radius 3 is 1.91 bits per heavy atom. The summed E-state index contributed by atoms with van der Waals surface area (Å²) in [5, 5.41) is 10.0. The zero-order valence-corrected chi connectivity index (χ0v) is 8.35. The summed E-state index contributed by atoms with van der Waals surface area (Å²) in [6.07, 6.45) is 4.07. The molecule has 1 heteroatoms. The fraction of sp³-hybridized carbons (Fsp3) is 1.00. The molecule has 1 N–H and O–H groups in total. The van der Waals surface area contributed by atoms with Crippen molar-refractivity contribution in [2.24, 2.45) is 5.92 Å². The van der Waals surface area contributed by atoms with Crippen molar-refractivity contribution in [3.05, 3.63) is 0 Å². The van der Waals surface area contributed by atoms with Crippen molar-refractivity contribution >= 4 is 0 Å². The lowest BCUT2D eigenvalue weighted by atomic mass is 9.81. The average Bonchev–Trinajstić information content (AvgIpc) is 2.03. The van der Waals surface area contributed by atoms with E-state index < -0.39 is 5.60 Å². The third-order valence-corrected chi connectivity index (χ3v) is 2.86. The molecule has 0 saturated carbocycles. The second kappa shape index (κ2) is 4.76. The minimum atomic E-state index is -0.407. The molecular formula is C10H22O. The molecule has 11 heavy (non-hydrogen) atoms. The first-order valence-electron chi connectivity index (χ1n) is 4.83. The van der Waals surface area contributed by atoms with Gasteiger partial charge in [0.25, 0.3) is 0 Å². The molecule has 0 saturated heterocycles. The lowest BCUT2D eigenvalue weighted by molar-refractivity contribution is -0.0222. The van der Waals surface area contributed by atoms with Crippen LogP contribution in [0.1, 0.15) is 53.4 Å². The van der Waals surface area contributed by atoms with E-state index in [4.69, 9.17) is 0 Å². The van der Waals surface area contributed by atoms with E-state index in [9.17, 15) is 5.11 Å². The Labute approximate surface area is 70.8 Å². The van der Waals surface area contributed by atoms with Gasteiger partial charge in [-0.1, -0.05) is 34.1 Å². The third-order valence-electron chi connectivity index (χ3n) is 2.86. The highest BCUT2D eigenvalue weighted by Gasteiger charge is 2.28. The maximum Gasteiger partial charge on any atom is 0.0668 e. The first-order valence-corrected chi connectivity index (χ1v) is 4.83. The van der Waals surface area contributed by atoms with Crippen molar-refractivity contribution in [2.75, 3.05) is 0 Å². The highest BCUT2D eigenvalue weighted by Crippen LogP contribution is 2.28. The Morgan fingerprint density at radius 1 is 1.18 bits per heavy atom. The quantitative estimate of drug-likeness (QED) is 0.652. The van der Waals surface area contributed by atoms with E-state index in [1.54, 1.807) is 0 Å². The van der Waals surface area contributed by atoms with E-state index >= 15 is 0 Å². The molecule has 0 aromatic carbocycles. The van der Waals surface area contributed by atoms with Crippen LogP contribution in [-0.4, -0.2) is 10.7 Å². The van der Waals surface area contributed by atoms with Crippen LogP contribution in [-0.2, 0) is 0 Å². The molecule has 0 aliphatic rings. The van der Waals surface area contributed by atoms with E-state index in [1.165, 1.54) is 6.42 Å². The number of rotatable bonds is 5. The first kappa shape index (κ1) is 11.0. The van der Waals surface area contributed by atoms with Gasteiger partial charge >= 0.3 is 0 Å². The van der Waals surface area contributed by atoms with E-state index in [0.29, 0.717) is 5.92 Å². The van der Waals surface area contributed by atoms with Crippen molar-refractivity contribution in [1.29, 1.82) is 0 Å². The van der Waals surface area contributed by atoms with Gasteiger partial charge in [-0.2, -0.15) is 0 Å². The van der Waals surface area contributed by atoms with Crippen LogP contribution in [0.5, 0.6) is 0 Å². The topological polar surface area (TPSA) is 20.2 Å². The van der Waals surface area contributed by atoms with Gasteiger partial charge in [-0.05, 0) is 25.2 Å². The number of aliphatic hydroxyl groups is 1. The van der Waals surface area contributed by atoms with Crippen LogP contribution in [0.4, 0.5) is 0 Å². The zero-order chi connectivity index (χ0) is 8.91. The second-order valence-corrected chi connectivity index (χ2v) is 3.50. The Morgan fingerprint density at radius 2 is 1.64 bits per heavy atom. The van der Waals surface area contributed by atoms with E-state index in [1.807, 2.05) is 0 Å². The summed E-state index contributed by atoms with van der Waals surface area (Å²) in [7, 11) is 0. The van der Waals surface area contributed by atoms with Crippen LogP contribution in [0, 0.1) is 5.92 Å². The predicted octanol–water partition coefficient (Wildman–Crippen LogP) is 2.97. The van der Waals surface area contributed by atoms with Gasteiger partial charge in [0.05, 0.1) is 5.60 Å². The fourth-order valence-corrected chi connectivity index (χ4v) is 1.65. The Balaban J connectivity index is 4.00. The van der Waals surface area contributed by atoms with Gasteiger partial charge in [-0.25, -0.2) is 0 Å². The molecule has 0 aromatic heterocycles. The summed E-state index contributed by atoms with van der Waals surface area (Å²) >= 11 is 0. The molecular weight excluding hydrogens is 136 g/mol. The summed E-state index contributed by atoms with van der Waals surface area (Å²) in [5.41, 5.74) is -0.407. The van der Waals surface area contributed by atoms with Crippen molar-refractivity contribution in [1.82, 2.24) is 0 Å². The van der Waals surface area contributed by atoms with Crippen molar-refractivity contribution in [2.45, 2.75) is 59.0 Å². The fourth-order valence-electron chi connectivity index (χ4n) is 1.65. The van der Waals surface area contributed by atoms with Gasteiger partial charge in [-0.15, -0.1) is 0 Å². The molecule has 0 aromatic rings. The highest BCUT2D eigenvalue weighted by atomic mass is 16.3. The average molecular weight is 158 g/mol. The molecule has 1 unspecified atom stereocenters. The van der Waals surface area contributed by atoms with Gasteiger partial charge < -0.3 is 5.11 Å². The molecule has 0 spiro atoms. The number of hydrogen-bond acceptors (Lipinski definition) is 1. The van der Waals surface area contributed by atoms with Crippen LogP contribution in [0.25, 0.3) is 0 Å². The molecule has 68 valence electrons. The maximum absolute atomic E-state index is 10.0. The lowest BCUT2D eigenvalue weighted by Gasteiger charge is -2.32. The maximum atomic E-state index is 10.0. The SMILES string of the molecule is CCCC(C)C(O)(CC)CC. The molecule has 0 aliphatic heterocycles. The van der Waals surface area contributed by atoms with Gasteiger partial charge in [0.1, 0.15) is 0 Å². The zero-order valence-electron chi connectivity index (χ0n) is 8.35. The summed E-state index contributed by atoms with van der Waals surface area (Å²) in [4.78, 5) is 0. The minimum absolute atomic E-state index is 0.407. The van der Waals surface area contributed by atoms with Crippen LogP contribution in [0.3, 0.4) is 0 Å². The molecule has 0 bridgehead atoms. The first-order chi connectivity index (χ1) is 5.10. The van der Waals surface area contributed by atoms with E-state index in [2.05, 4.69) is 27.7 Å². The van der Waals surface area contributed by atoms with Gasteiger partial charge in [0.2, 0.25) is 0 Å². The van der Waals surface area contributed by atoms with Crippen LogP contribution >= 0.6 is 0 Å². The van der Waals surface area contributed by atoms with Crippen molar-refractivity contribution in [3.8, 4) is 0 Å². The van der Waals surface area contributed by atoms with Crippen molar-refractivity contribution in [3.63, 3.8) is 0 Å². The molecule has 0 rings (SSSR count). The molecule has 0 radical (unpaired) electrons. The normalized spacial score (nSPS) is 15.0. The number of hydrogen-bond donors (Lipinski definition) is 1.